The van der Waals surface area contributed by atoms with E-state index in [1.807, 2.05) is 13.1 Å². The Balaban J connectivity index is 2.32. The molecule has 5 heteroatoms. The van der Waals surface area contributed by atoms with Gasteiger partial charge in [0.15, 0.2) is 0 Å². The van der Waals surface area contributed by atoms with Gasteiger partial charge in [-0.25, -0.2) is 0 Å². The second kappa shape index (κ2) is 6.46. The molecule has 0 spiro atoms. The molecule has 0 aromatic heterocycles. The molecule has 0 bridgehead atoms. The fraction of sp³-hybridized carbons (Fsp3) is 0.533. The average Bonchev–Trinajstić information content (AvgIpc) is 2.46. The summed E-state index contributed by atoms with van der Waals surface area (Å²) in [5.41, 5.74) is 12.7. The van der Waals surface area contributed by atoms with E-state index in [0.29, 0.717) is 29.1 Å². The molecule has 4 N–H and O–H groups in total. The first-order chi connectivity index (χ1) is 9.54. The predicted octanol–water partition coefficient (Wildman–Crippen LogP) is 2.39. The van der Waals surface area contributed by atoms with Gasteiger partial charge in [0.2, 0.25) is 0 Å². The van der Waals surface area contributed by atoms with Crippen molar-refractivity contribution in [3.05, 3.63) is 28.8 Å². The molecule has 2 rings (SSSR count). The predicted molar refractivity (Wildman–Crippen MR) is 83.2 cm³/mol. The van der Waals surface area contributed by atoms with Crippen molar-refractivity contribution in [2.75, 3.05) is 18.5 Å². The van der Waals surface area contributed by atoms with Gasteiger partial charge in [-0.3, -0.25) is 4.79 Å². The average molecular weight is 296 g/mol. The van der Waals surface area contributed by atoms with Gasteiger partial charge in [0.1, 0.15) is 0 Å². The Hall–Kier alpha value is -1.26. The highest BCUT2D eigenvalue weighted by Crippen LogP contribution is 2.32. The number of hydrogen-bond acceptors (Lipinski definition) is 3. The van der Waals surface area contributed by atoms with Gasteiger partial charge >= 0.3 is 0 Å². The summed E-state index contributed by atoms with van der Waals surface area (Å²) in [5.74, 6) is 0.0135. The molecule has 1 aliphatic carbocycles. The number of rotatable bonds is 4. The third kappa shape index (κ3) is 3.07. The summed E-state index contributed by atoms with van der Waals surface area (Å²) in [4.78, 5) is 13.8. The number of carbonyl (C=O) groups excluding carboxylic acids is 1. The zero-order valence-electron chi connectivity index (χ0n) is 11.8. The van der Waals surface area contributed by atoms with Crippen LogP contribution in [0.25, 0.3) is 0 Å². The normalized spacial score (nSPS) is 22.6. The molecule has 0 radical (unpaired) electrons. The number of primary amides is 1. The maximum Gasteiger partial charge on any atom is 0.250 e. The summed E-state index contributed by atoms with van der Waals surface area (Å²) in [6.45, 7) is 0.675. The molecule has 0 heterocycles. The zero-order valence-corrected chi connectivity index (χ0v) is 12.6. The van der Waals surface area contributed by atoms with Gasteiger partial charge in [0.25, 0.3) is 5.91 Å². The zero-order chi connectivity index (χ0) is 14.7. The van der Waals surface area contributed by atoms with Crippen LogP contribution in [0.5, 0.6) is 0 Å². The maximum atomic E-state index is 11.6. The summed E-state index contributed by atoms with van der Waals surface area (Å²) in [6, 6.07) is 5.65. The van der Waals surface area contributed by atoms with Crippen molar-refractivity contribution in [2.45, 2.75) is 31.7 Å². The van der Waals surface area contributed by atoms with Crippen LogP contribution in [0.3, 0.4) is 0 Å². The molecule has 1 amide bonds. The Morgan fingerprint density at radius 2 is 2.10 bits per heavy atom. The van der Waals surface area contributed by atoms with E-state index in [1.54, 1.807) is 12.1 Å². The van der Waals surface area contributed by atoms with Crippen molar-refractivity contribution >= 4 is 23.2 Å². The fourth-order valence-corrected chi connectivity index (χ4v) is 3.34. The third-order valence-corrected chi connectivity index (χ3v) is 4.51. The van der Waals surface area contributed by atoms with Crippen LogP contribution in [0, 0.1) is 5.92 Å². The Labute approximate surface area is 125 Å². The number of halogens is 1. The standard InChI is InChI=1S/C15H22ClN3O/c1-19(13-5-3-2-4-10(13)9-17)14-7-6-11(16)8-12(14)15(18)20/h6-8,10,13H,2-5,9,17H2,1H3,(H2,18,20). The summed E-state index contributed by atoms with van der Waals surface area (Å²) in [5, 5.41) is 0.523. The monoisotopic (exact) mass is 295 g/mol. The smallest absolute Gasteiger partial charge is 0.250 e. The van der Waals surface area contributed by atoms with Crippen molar-refractivity contribution in [1.29, 1.82) is 0 Å². The van der Waals surface area contributed by atoms with Gasteiger partial charge in [-0.05, 0) is 43.5 Å². The number of nitrogens with zero attached hydrogens (tertiary/aromatic N) is 1. The SMILES string of the molecule is CN(c1ccc(Cl)cc1C(N)=O)C1CCCCC1CN. The van der Waals surface area contributed by atoms with E-state index in [1.165, 1.54) is 12.8 Å². The molecule has 0 aliphatic heterocycles. The molecule has 1 saturated carbocycles. The Morgan fingerprint density at radius 3 is 2.75 bits per heavy atom. The van der Waals surface area contributed by atoms with Crippen LogP contribution >= 0.6 is 11.6 Å². The highest BCUT2D eigenvalue weighted by molar-refractivity contribution is 6.31. The number of nitrogens with two attached hydrogens (primary N) is 2. The van der Waals surface area contributed by atoms with Crippen molar-refractivity contribution < 1.29 is 4.79 Å². The van der Waals surface area contributed by atoms with Crippen LogP contribution in [0.1, 0.15) is 36.0 Å². The van der Waals surface area contributed by atoms with E-state index in [4.69, 9.17) is 23.1 Å². The molecule has 1 aromatic carbocycles. The minimum atomic E-state index is -0.450. The first-order valence-corrected chi connectivity index (χ1v) is 7.44. The molecular formula is C15H22ClN3O. The second-order valence-corrected chi connectivity index (χ2v) is 5.92. The Bertz CT molecular complexity index is 492. The maximum absolute atomic E-state index is 11.6. The van der Waals surface area contributed by atoms with Crippen LogP contribution in [-0.2, 0) is 0 Å². The number of hydrogen-bond donors (Lipinski definition) is 2. The number of benzene rings is 1. The van der Waals surface area contributed by atoms with Gasteiger partial charge in [0.05, 0.1) is 5.56 Å². The van der Waals surface area contributed by atoms with Crippen LogP contribution in [-0.4, -0.2) is 25.5 Å². The molecule has 1 fully saturated rings. The quantitative estimate of drug-likeness (QED) is 0.896. The molecule has 1 aliphatic rings. The van der Waals surface area contributed by atoms with Crippen molar-refractivity contribution in [3.63, 3.8) is 0 Å². The minimum absolute atomic E-state index is 0.355. The van der Waals surface area contributed by atoms with Crippen LogP contribution in [0.4, 0.5) is 5.69 Å². The first-order valence-electron chi connectivity index (χ1n) is 7.07. The molecule has 4 nitrogen and oxygen atoms in total. The Kier molecular flexibility index (Phi) is 4.89. The molecule has 0 saturated heterocycles. The lowest BCUT2D eigenvalue weighted by Gasteiger charge is -2.39. The molecular weight excluding hydrogens is 274 g/mol. The van der Waals surface area contributed by atoms with E-state index in [-0.39, 0.29) is 0 Å². The van der Waals surface area contributed by atoms with Gasteiger partial charge in [-0.1, -0.05) is 24.4 Å². The van der Waals surface area contributed by atoms with Crippen molar-refractivity contribution in [1.82, 2.24) is 0 Å². The number of carbonyl (C=O) groups is 1. The third-order valence-electron chi connectivity index (χ3n) is 4.27. The topological polar surface area (TPSA) is 72.3 Å². The highest BCUT2D eigenvalue weighted by Gasteiger charge is 2.29. The molecule has 20 heavy (non-hydrogen) atoms. The van der Waals surface area contributed by atoms with Crippen LogP contribution < -0.4 is 16.4 Å². The molecule has 2 unspecified atom stereocenters. The largest absolute Gasteiger partial charge is 0.371 e. The van der Waals surface area contributed by atoms with Crippen molar-refractivity contribution in [3.8, 4) is 0 Å². The van der Waals surface area contributed by atoms with Crippen LogP contribution in [0.2, 0.25) is 5.02 Å². The highest BCUT2D eigenvalue weighted by atomic mass is 35.5. The van der Waals surface area contributed by atoms with Gasteiger partial charge in [-0.2, -0.15) is 0 Å². The van der Waals surface area contributed by atoms with E-state index >= 15 is 0 Å². The van der Waals surface area contributed by atoms with E-state index in [0.717, 1.165) is 18.5 Å². The lowest BCUT2D eigenvalue weighted by molar-refractivity contribution is 0.100. The van der Waals surface area contributed by atoms with Gasteiger partial charge < -0.3 is 16.4 Å². The lowest BCUT2D eigenvalue weighted by atomic mass is 9.83. The first kappa shape index (κ1) is 15.1. The number of anilines is 1. The van der Waals surface area contributed by atoms with Crippen LogP contribution in [0.15, 0.2) is 18.2 Å². The molecule has 2 atom stereocenters. The lowest BCUT2D eigenvalue weighted by Crippen LogP contribution is -2.43. The second-order valence-electron chi connectivity index (χ2n) is 5.48. The fourth-order valence-electron chi connectivity index (χ4n) is 3.16. The van der Waals surface area contributed by atoms with Gasteiger partial charge in [0, 0.05) is 23.8 Å². The van der Waals surface area contributed by atoms with E-state index < -0.39 is 5.91 Å². The van der Waals surface area contributed by atoms with E-state index in [9.17, 15) is 4.79 Å². The Morgan fingerprint density at radius 1 is 1.40 bits per heavy atom. The molecule has 1 aromatic rings. The summed E-state index contributed by atoms with van der Waals surface area (Å²) in [6.07, 6.45) is 4.67. The summed E-state index contributed by atoms with van der Waals surface area (Å²) < 4.78 is 0. The van der Waals surface area contributed by atoms with E-state index in [2.05, 4.69) is 4.90 Å². The number of amides is 1. The molecule has 110 valence electrons. The minimum Gasteiger partial charge on any atom is -0.371 e. The summed E-state index contributed by atoms with van der Waals surface area (Å²) in [7, 11) is 2.01. The van der Waals surface area contributed by atoms with Crippen molar-refractivity contribution in [2.24, 2.45) is 17.4 Å². The van der Waals surface area contributed by atoms with Gasteiger partial charge in [-0.15, -0.1) is 0 Å². The summed E-state index contributed by atoms with van der Waals surface area (Å²) >= 11 is 5.96.